The number of nitrogens with one attached hydrogen (secondary N) is 1. The third-order valence-corrected chi connectivity index (χ3v) is 4.30. The lowest BCUT2D eigenvalue weighted by atomic mass is 10.1. The van der Waals surface area contributed by atoms with Gasteiger partial charge in [0.2, 0.25) is 0 Å². The van der Waals surface area contributed by atoms with Crippen molar-refractivity contribution in [3.05, 3.63) is 55.4 Å². The number of hydrogen-bond acceptors (Lipinski definition) is 4. The van der Waals surface area contributed by atoms with Gasteiger partial charge in [0.05, 0.1) is 10.6 Å². The summed E-state index contributed by atoms with van der Waals surface area (Å²) < 4.78 is 14.6. The van der Waals surface area contributed by atoms with E-state index in [2.05, 4.69) is 4.98 Å². The highest BCUT2D eigenvalue weighted by Crippen LogP contribution is 2.25. The van der Waals surface area contributed by atoms with Crippen LogP contribution in [0.5, 0.6) is 0 Å². The number of hydrogen-bond donors (Lipinski definition) is 2. The van der Waals surface area contributed by atoms with Gasteiger partial charge in [-0.2, -0.15) is 0 Å². The molecule has 0 radical (unpaired) electrons. The van der Waals surface area contributed by atoms with Gasteiger partial charge in [-0.15, -0.1) is 0 Å². The summed E-state index contributed by atoms with van der Waals surface area (Å²) in [5, 5.41) is -0.0794. The number of rotatable bonds is 6. The van der Waals surface area contributed by atoms with Gasteiger partial charge in [-0.1, -0.05) is 39.3 Å². The zero-order valence-corrected chi connectivity index (χ0v) is 17.0. The SMILES string of the molecule is CC(C)CN(C(=O)c1ccc(F)cc1Cl)c1c(N)n(CC(C)C)c(=O)[nH]c1=O. The first-order valence-electron chi connectivity index (χ1n) is 8.92. The molecule has 0 unspecified atom stereocenters. The van der Waals surface area contributed by atoms with Crippen molar-refractivity contribution >= 4 is 29.0 Å². The Morgan fingerprint density at radius 1 is 1.25 bits per heavy atom. The van der Waals surface area contributed by atoms with Crippen molar-refractivity contribution in [2.24, 2.45) is 11.8 Å². The van der Waals surface area contributed by atoms with E-state index in [9.17, 15) is 18.8 Å². The second-order valence-corrected chi connectivity index (χ2v) is 7.84. The van der Waals surface area contributed by atoms with Crippen LogP contribution in [0.2, 0.25) is 5.02 Å². The van der Waals surface area contributed by atoms with E-state index < -0.39 is 23.0 Å². The molecule has 0 saturated carbocycles. The molecule has 1 amide bonds. The van der Waals surface area contributed by atoms with Gasteiger partial charge in [-0.05, 0) is 30.0 Å². The van der Waals surface area contributed by atoms with Crippen LogP contribution in [0.25, 0.3) is 0 Å². The van der Waals surface area contributed by atoms with Gasteiger partial charge in [0.25, 0.3) is 11.5 Å². The van der Waals surface area contributed by atoms with Crippen LogP contribution in [0.4, 0.5) is 15.9 Å². The average molecular weight is 411 g/mol. The minimum Gasteiger partial charge on any atom is -0.383 e. The highest BCUT2D eigenvalue weighted by molar-refractivity contribution is 6.34. The lowest BCUT2D eigenvalue weighted by Crippen LogP contribution is -2.43. The highest BCUT2D eigenvalue weighted by atomic mass is 35.5. The molecule has 7 nitrogen and oxygen atoms in total. The molecule has 28 heavy (non-hydrogen) atoms. The summed E-state index contributed by atoms with van der Waals surface area (Å²) in [6.07, 6.45) is 0. The van der Waals surface area contributed by atoms with Crippen molar-refractivity contribution in [1.29, 1.82) is 0 Å². The summed E-state index contributed by atoms with van der Waals surface area (Å²) in [4.78, 5) is 41.3. The van der Waals surface area contributed by atoms with Crippen molar-refractivity contribution in [1.82, 2.24) is 9.55 Å². The number of benzene rings is 1. The van der Waals surface area contributed by atoms with Gasteiger partial charge in [-0.25, -0.2) is 9.18 Å². The minimum atomic E-state index is -0.769. The van der Waals surface area contributed by atoms with Gasteiger partial charge < -0.3 is 10.6 Å². The molecule has 9 heteroatoms. The molecule has 1 heterocycles. The van der Waals surface area contributed by atoms with E-state index in [4.69, 9.17) is 17.3 Å². The lowest BCUT2D eigenvalue weighted by molar-refractivity contribution is 0.0983. The maximum atomic E-state index is 13.4. The van der Waals surface area contributed by atoms with E-state index in [1.54, 1.807) is 0 Å². The molecule has 3 N–H and O–H groups in total. The van der Waals surface area contributed by atoms with Crippen LogP contribution < -0.4 is 21.9 Å². The van der Waals surface area contributed by atoms with Crippen LogP contribution in [0.3, 0.4) is 0 Å². The van der Waals surface area contributed by atoms with Crippen molar-refractivity contribution < 1.29 is 9.18 Å². The molecule has 152 valence electrons. The lowest BCUT2D eigenvalue weighted by Gasteiger charge is -2.26. The summed E-state index contributed by atoms with van der Waals surface area (Å²) in [5.74, 6) is -1.23. The minimum absolute atomic E-state index is 0.0209. The summed E-state index contributed by atoms with van der Waals surface area (Å²) in [5.41, 5.74) is 4.64. The number of H-pyrrole nitrogens is 1. The van der Waals surface area contributed by atoms with Gasteiger partial charge in [0.15, 0.2) is 5.69 Å². The quantitative estimate of drug-likeness (QED) is 0.764. The molecule has 0 saturated heterocycles. The van der Waals surface area contributed by atoms with Gasteiger partial charge in [0.1, 0.15) is 11.6 Å². The fourth-order valence-corrected chi connectivity index (χ4v) is 3.08. The molecule has 0 atom stereocenters. The standard InChI is InChI=1S/C19H24ClFN4O3/c1-10(2)8-24(18(27)13-6-5-12(21)7-14(13)20)15-16(22)25(9-11(3)4)19(28)23-17(15)26/h5-7,10-11H,8-9,22H2,1-4H3,(H,23,26,28). The molecular weight excluding hydrogens is 387 g/mol. The van der Waals surface area contributed by atoms with Gasteiger partial charge in [-0.3, -0.25) is 19.1 Å². The van der Waals surface area contributed by atoms with Gasteiger partial charge >= 0.3 is 5.69 Å². The Morgan fingerprint density at radius 2 is 1.89 bits per heavy atom. The van der Waals surface area contributed by atoms with Gasteiger partial charge in [0, 0.05) is 13.1 Å². The van der Waals surface area contributed by atoms with E-state index in [-0.39, 0.29) is 47.0 Å². The third-order valence-electron chi connectivity index (χ3n) is 3.99. The summed E-state index contributed by atoms with van der Waals surface area (Å²) in [6, 6.07) is 3.39. The average Bonchev–Trinajstić information content (AvgIpc) is 2.56. The maximum Gasteiger partial charge on any atom is 0.330 e. The molecule has 0 spiro atoms. The second-order valence-electron chi connectivity index (χ2n) is 7.43. The normalized spacial score (nSPS) is 11.3. The molecular formula is C19H24ClFN4O3. The van der Waals surface area contributed by atoms with Crippen LogP contribution >= 0.6 is 11.6 Å². The molecule has 0 bridgehead atoms. The van der Waals surface area contributed by atoms with Crippen LogP contribution in [0.15, 0.2) is 27.8 Å². The Bertz CT molecular complexity index is 998. The zero-order chi connectivity index (χ0) is 21.2. The summed E-state index contributed by atoms with van der Waals surface area (Å²) >= 11 is 6.04. The molecule has 0 aliphatic rings. The van der Waals surface area contributed by atoms with Crippen LogP contribution in [-0.2, 0) is 6.54 Å². The largest absolute Gasteiger partial charge is 0.383 e. The number of aromatic nitrogens is 2. The first-order valence-corrected chi connectivity index (χ1v) is 9.30. The molecule has 0 fully saturated rings. The van der Waals surface area contributed by atoms with Crippen molar-refractivity contribution in [3.63, 3.8) is 0 Å². The Kier molecular flexibility index (Phi) is 6.66. The molecule has 0 aliphatic heterocycles. The Hall–Kier alpha value is -2.61. The van der Waals surface area contributed by atoms with Crippen molar-refractivity contribution in [2.45, 2.75) is 34.2 Å². The van der Waals surface area contributed by atoms with Crippen LogP contribution in [-0.4, -0.2) is 22.0 Å². The number of amides is 1. The predicted octanol–water partition coefficient (Wildman–Crippen LogP) is 2.87. The number of nitrogens with zero attached hydrogens (tertiary/aromatic N) is 2. The molecule has 1 aromatic carbocycles. The van der Waals surface area contributed by atoms with E-state index in [1.165, 1.54) is 15.5 Å². The number of anilines is 2. The predicted molar refractivity (Wildman–Crippen MR) is 108 cm³/mol. The first kappa shape index (κ1) is 21.7. The first-order chi connectivity index (χ1) is 13.0. The smallest absolute Gasteiger partial charge is 0.330 e. The molecule has 0 aliphatic carbocycles. The Morgan fingerprint density at radius 3 is 2.43 bits per heavy atom. The number of carbonyl (C=O) groups is 1. The van der Waals surface area contributed by atoms with E-state index in [0.29, 0.717) is 0 Å². The van der Waals surface area contributed by atoms with Crippen molar-refractivity contribution in [2.75, 3.05) is 17.2 Å². The second kappa shape index (κ2) is 8.60. The van der Waals surface area contributed by atoms with E-state index in [0.717, 1.165) is 12.1 Å². The third kappa shape index (κ3) is 4.62. The zero-order valence-electron chi connectivity index (χ0n) is 16.3. The monoisotopic (exact) mass is 410 g/mol. The van der Waals surface area contributed by atoms with Crippen molar-refractivity contribution in [3.8, 4) is 0 Å². The fraction of sp³-hybridized carbons (Fsp3) is 0.421. The Balaban J connectivity index is 2.68. The van der Waals surface area contributed by atoms with Crippen LogP contribution in [0.1, 0.15) is 38.1 Å². The fourth-order valence-electron chi connectivity index (χ4n) is 2.83. The molecule has 2 rings (SSSR count). The number of carbonyl (C=O) groups excluding carboxylic acids is 1. The van der Waals surface area contributed by atoms with Crippen LogP contribution in [0, 0.1) is 17.7 Å². The summed E-state index contributed by atoms with van der Waals surface area (Å²) in [6.45, 7) is 7.94. The molecule has 2 aromatic rings. The highest BCUT2D eigenvalue weighted by Gasteiger charge is 2.27. The Labute approximate surface area is 166 Å². The topological polar surface area (TPSA) is 101 Å². The maximum absolute atomic E-state index is 13.4. The number of halogens is 2. The number of nitrogens with two attached hydrogens (primary N) is 1. The number of aromatic amines is 1. The summed E-state index contributed by atoms with van der Waals surface area (Å²) in [7, 11) is 0. The molecule has 1 aromatic heterocycles. The van der Waals surface area contributed by atoms with E-state index in [1.807, 2.05) is 27.7 Å². The number of nitrogen functional groups attached to an aromatic ring is 1. The van der Waals surface area contributed by atoms with E-state index >= 15 is 0 Å².